The van der Waals surface area contributed by atoms with Crippen molar-refractivity contribution in [3.8, 4) is 0 Å². The van der Waals surface area contributed by atoms with Crippen LogP contribution in [-0.2, 0) is 19.1 Å². The van der Waals surface area contributed by atoms with E-state index < -0.39 is 82.5 Å². The highest BCUT2D eigenvalue weighted by molar-refractivity contribution is 6.01. The van der Waals surface area contributed by atoms with Crippen molar-refractivity contribution in [2.45, 2.75) is 69.0 Å². The van der Waals surface area contributed by atoms with E-state index >= 15 is 8.78 Å². The maximum Gasteiger partial charge on any atom is 0.185 e. The van der Waals surface area contributed by atoms with Crippen LogP contribution in [0.4, 0.5) is 13.2 Å². The molecule has 6 rings (SSSR count). The van der Waals surface area contributed by atoms with E-state index in [0.29, 0.717) is 5.56 Å². The number of aliphatic hydroxyl groups is 1. The predicted molar refractivity (Wildman–Crippen MR) is 131 cm³/mol. The topological polar surface area (TPSA) is 122 Å². The summed E-state index contributed by atoms with van der Waals surface area (Å²) in [5.74, 6) is -3.28. The first kappa shape index (κ1) is 26.3. The van der Waals surface area contributed by atoms with Crippen LogP contribution < -0.4 is 0 Å². The Bertz CT molecular complexity index is 1380. The molecule has 0 amide bonds. The molecule has 4 aliphatic carbocycles. The largest absolute Gasteiger partial charge is 0.390 e. The second-order valence-corrected chi connectivity index (χ2v) is 11.8. The number of rotatable bonds is 4. The highest BCUT2D eigenvalue weighted by Gasteiger charge is 2.80. The van der Waals surface area contributed by atoms with Crippen LogP contribution in [0.5, 0.6) is 0 Å². The number of fused-ring (bicyclic) bond motifs is 7. The number of hydrogen-bond donors (Lipinski definition) is 1. The Balaban J connectivity index is 1.46. The molecule has 1 unspecified atom stereocenters. The summed E-state index contributed by atoms with van der Waals surface area (Å²) in [4.78, 5) is 28.5. The minimum absolute atomic E-state index is 0.00223. The number of allylic oxidation sites excluding steroid dienone is 4. The van der Waals surface area contributed by atoms with Crippen LogP contribution in [0.25, 0.3) is 10.4 Å². The van der Waals surface area contributed by atoms with Crippen molar-refractivity contribution in [3.05, 3.63) is 69.9 Å². The number of aliphatic hydroxyl groups excluding tert-OH is 1. The minimum atomic E-state index is -2.33. The first-order valence-electron chi connectivity index (χ1n) is 13.0. The third-order valence-corrected chi connectivity index (χ3v) is 10.2. The molecule has 0 spiro atoms. The first-order valence-corrected chi connectivity index (χ1v) is 13.0. The van der Waals surface area contributed by atoms with E-state index in [1.54, 1.807) is 13.0 Å². The third-order valence-electron chi connectivity index (χ3n) is 10.2. The number of Topliss-reactive ketones (excluding diaryl/α,β-unsaturated/α-hetero) is 1. The molecule has 8 nitrogen and oxygen atoms in total. The summed E-state index contributed by atoms with van der Waals surface area (Å²) in [6, 6.07) is 5.54. The zero-order valence-corrected chi connectivity index (χ0v) is 21.4. The van der Waals surface area contributed by atoms with E-state index in [0.717, 1.165) is 6.08 Å². The van der Waals surface area contributed by atoms with Crippen molar-refractivity contribution in [2.24, 2.45) is 27.8 Å². The van der Waals surface area contributed by atoms with Crippen LogP contribution >= 0.6 is 0 Å². The molecule has 10 atom stereocenters. The summed E-state index contributed by atoms with van der Waals surface area (Å²) in [7, 11) is 0. The Morgan fingerprint density at radius 2 is 2.05 bits per heavy atom. The smallest absolute Gasteiger partial charge is 0.185 e. The summed E-state index contributed by atoms with van der Waals surface area (Å²) >= 11 is 0. The molecule has 1 N–H and O–H groups in total. The van der Waals surface area contributed by atoms with Gasteiger partial charge in [-0.2, -0.15) is 0 Å². The van der Waals surface area contributed by atoms with Gasteiger partial charge in [-0.15, -0.1) is 0 Å². The Morgan fingerprint density at radius 3 is 2.77 bits per heavy atom. The summed E-state index contributed by atoms with van der Waals surface area (Å²) in [5.41, 5.74) is 2.32. The lowest BCUT2D eigenvalue weighted by Gasteiger charge is -2.63. The zero-order chi connectivity index (χ0) is 28.0. The fraction of sp³-hybridized carbons (Fsp3) is 0.571. The maximum atomic E-state index is 17.4. The number of halogens is 3. The number of alkyl halides is 2. The summed E-state index contributed by atoms with van der Waals surface area (Å²) in [6.07, 6.45) is -2.11. The van der Waals surface area contributed by atoms with Crippen LogP contribution in [0.2, 0.25) is 0 Å². The monoisotopic (exact) mass is 543 g/mol. The highest BCUT2D eigenvalue weighted by atomic mass is 19.1. The number of azide groups is 1. The van der Waals surface area contributed by atoms with Gasteiger partial charge >= 0.3 is 0 Å². The Hall–Kier alpha value is -2.98. The molecule has 1 heterocycles. The van der Waals surface area contributed by atoms with Gasteiger partial charge in [0, 0.05) is 27.2 Å². The van der Waals surface area contributed by atoms with Crippen molar-refractivity contribution in [2.75, 3.05) is 6.54 Å². The van der Waals surface area contributed by atoms with E-state index in [-0.39, 0.29) is 24.8 Å². The van der Waals surface area contributed by atoms with Gasteiger partial charge in [0.25, 0.3) is 0 Å². The van der Waals surface area contributed by atoms with Crippen molar-refractivity contribution >= 4 is 11.6 Å². The lowest BCUT2D eigenvalue weighted by atomic mass is 9.44. The Morgan fingerprint density at radius 1 is 1.28 bits per heavy atom. The molecule has 5 aliphatic rings. The third kappa shape index (κ3) is 3.21. The number of benzene rings is 1. The van der Waals surface area contributed by atoms with E-state index in [1.807, 2.05) is 0 Å². The number of carbonyl (C=O) groups excluding carboxylic acids is 2. The molecular formula is C28H28F3N3O5. The van der Waals surface area contributed by atoms with E-state index in [1.165, 1.54) is 37.3 Å². The van der Waals surface area contributed by atoms with E-state index in [9.17, 15) is 19.1 Å². The molecule has 3 saturated carbocycles. The first-order chi connectivity index (χ1) is 18.4. The number of nitrogens with zero attached hydrogens (tertiary/aromatic N) is 3. The van der Waals surface area contributed by atoms with Gasteiger partial charge in [0.05, 0.1) is 18.8 Å². The highest BCUT2D eigenvalue weighted by Crippen LogP contribution is 2.72. The molecule has 1 aromatic carbocycles. The summed E-state index contributed by atoms with van der Waals surface area (Å²) in [6.45, 7) is 2.63. The molecular weight excluding hydrogens is 515 g/mol. The molecule has 4 fully saturated rings. The van der Waals surface area contributed by atoms with E-state index in [2.05, 4.69) is 10.0 Å². The molecule has 1 aromatic rings. The molecule has 0 bridgehead atoms. The second-order valence-electron chi connectivity index (χ2n) is 11.8. The average Bonchev–Trinajstić information content (AvgIpc) is 3.39. The Kier molecular flexibility index (Phi) is 5.73. The molecule has 39 heavy (non-hydrogen) atoms. The number of hydrogen-bond acceptors (Lipinski definition) is 6. The normalized spacial score (nSPS) is 45.9. The van der Waals surface area contributed by atoms with Crippen molar-refractivity contribution in [1.29, 1.82) is 0 Å². The van der Waals surface area contributed by atoms with Gasteiger partial charge in [-0.05, 0) is 67.5 Å². The van der Waals surface area contributed by atoms with E-state index in [4.69, 9.17) is 15.0 Å². The SMILES string of the molecule is C[C@]12C=CC(=O)C=C1[C@@H](F)C[C@H]1[C@@H]3C[C@H]4OC(c5cccc(F)c5)O[C@@]4(C(=O)CN=[N+]=[N-])[C@@]3(C)C[C@H](O)[C@@]12F. The fourth-order valence-corrected chi connectivity index (χ4v) is 8.46. The van der Waals surface area contributed by atoms with Gasteiger partial charge in [-0.1, -0.05) is 30.2 Å². The zero-order valence-electron chi connectivity index (χ0n) is 21.4. The van der Waals surface area contributed by atoms with Crippen LogP contribution in [0.3, 0.4) is 0 Å². The van der Waals surface area contributed by atoms with Crippen molar-refractivity contribution < 1.29 is 37.3 Å². The van der Waals surface area contributed by atoms with Gasteiger partial charge in [0.1, 0.15) is 12.0 Å². The van der Waals surface area contributed by atoms with Crippen LogP contribution in [0, 0.1) is 28.5 Å². The number of carbonyl (C=O) groups is 2. The van der Waals surface area contributed by atoms with Crippen LogP contribution in [-0.4, -0.2) is 52.9 Å². The molecule has 0 aromatic heterocycles. The molecule has 206 valence electrons. The van der Waals surface area contributed by atoms with Crippen LogP contribution in [0.1, 0.15) is 45.0 Å². The quantitative estimate of drug-likeness (QED) is 0.333. The minimum Gasteiger partial charge on any atom is -0.390 e. The number of ketones is 2. The molecule has 11 heteroatoms. The van der Waals surface area contributed by atoms with Crippen molar-refractivity contribution in [3.63, 3.8) is 0 Å². The summed E-state index contributed by atoms with van der Waals surface area (Å²) in [5, 5.41) is 15.0. The average molecular weight is 544 g/mol. The van der Waals surface area contributed by atoms with Crippen LogP contribution in [0.15, 0.2) is 53.2 Å². The van der Waals surface area contributed by atoms with Gasteiger partial charge in [-0.3, -0.25) is 9.59 Å². The molecule has 1 saturated heterocycles. The standard InChI is InChI=1S/C28H28F3N3O5/c1-25-7-6-16(35)9-19(25)20(30)10-18-17-11-23-28(22(37)13-33-34-32,26(17,2)12-21(36)27(18,25)31)39-24(38-23)14-4-3-5-15(29)8-14/h3-9,17-18,20-21,23-24,36H,10-13H2,1-2H3/t17-,18-,20-,21-,23+,24?,25-,26-,27-,28+/m0/s1. The lowest BCUT2D eigenvalue weighted by Crippen LogP contribution is -2.70. The summed E-state index contributed by atoms with van der Waals surface area (Å²) < 4.78 is 59.7. The lowest BCUT2D eigenvalue weighted by molar-refractivity contribution is -0.234. The van der Waals surface area contributed by atoms with Gasteiger partial charge in [0.15, 0.2) is 29.1 Å². The molecule has 1 aliphatic heterocycles. The van der Waals surface area contributed by atoms with Gasteiger partial charge in [0.2, 0.25) is 0 Å². The maximum absolute atomic E-state index is 17.4. The van der Waals surface area contributed by atoms with Crippen molar-refractivity contribution in [1.82, 2.24) is 0 Å². The fourth-order valence-electron chi connectivity index (χ4n) is 8.46. The van der Waals surface area contributed by atoms with Gasteiger partial charge < -0.3 is 14.6 Å². The predicted octanol–water partition coefficient (Wildman–Crippen LogP) is 4.79. The van der Waals surface area contributed by atoms with Gasteiger partial charge in [-0.25, -0.2) is 13.2 Å². The second kappa shape index (κ2) is 8.51. The Labute approximate surface area is 222 Å². The molecule has 0 radical (unpaired) electrons. The number of ether oxygens (including phenoxy) is 2.